The number of carbonyl (C=O) groups excluding carboxylic acids is 2. The van der Waals surface area contributed by atoms with Gasteiger partial charge in [-0.3, -0.25) is 9.69 Å². The van der Waals surface area contributed by atoms with Crippen LogP contribution in [0.3, 0.4) is 0 Å². The van der Waals surface area contributed by atoms with Crippen LogP contribution in [0.15, 0.2) is 66.7 Å². The van der Waals surface area contributed by atoms with E-state index in [0.717, 1.165) is 23.8 Å². The van der Waals surface area contributed by atoms with Crippen molar-refractivity contribution in [3.8, 4) is 5.75 Å². The minimum atomic E-state index is -4.53. The van der Waals surface area contributed by atoms with Crippen LogP contribution in [0.25, 0.3) is 0 Å². The Bertz CT molecular complexity index is 1540. The highest BCUT2D eigenvalue weighted by molar-refractivity contribution is 6.02. The Labute approximate surface area is 249 Å². The summed E-state index contributed by atoms with van der Waals surface area (Å²) in [7, 11) is 0. The summed E-state index contributed by atoms with van der Waals surface area (Å²) in [6.07, 6.45) is -10.7. The number of aliphatic carboxylic acids is 1. The number of alkyl halides is 4. The summed E-state index contributed by atoms with van der Waals surface area (Å²) < 4.78 is 63.1. The van der Waals surface area contributed by atoms with E-state index in [4.69, 9.17) is 5.11 Å². The molecule has 44 heavy (non-hydrogen) atoms. The van der Waals surface area contributed by atoms with Gasteiger partial charge < -0.3 is 25.6 Å². The number of halogens is 4. The molecular weight excluding hydrogens is 590 g/mol. The Balaban J connectivity index is 1.58. The normalized spacial score (nSPS) is 15.7. The maximum absolute atomic E-state index is 14.3. The molecule has 0 aromatic heterocycles. The molecule has 3 aromatic rings. The lowest BCUT2D eigenvalue weighted by molar-refractivity contribution is -0.461. The SMILES string of the molecule is CC(C)(C)c1ccc(N(Cc2ccc(C(=O)NC[C@@H](O)C(=O)O)cc2)C(=O)Nc2ccc3c(c2)C(F)(F)OC(F)(F)O3)cc1. The van der Waals surface area contributed by atoms with E-state index in [0.29, 0.717) is 11.3 Å². The number of ether oxygens (including phenoxy) is 2. The number of carboxylic acid groups (broad SMARTS) is 1. The number of carbonyl (C=O) groups is 3. The average molecular weight is 620 g/mol. The van der Waals surface area contributed by atoms with Crippen molar-refractivity contribution in [2.45, 2.75) is 51.2 Å². The summed E-state index contributed by atoms with van der Waals surface area (Å²) in [4.78, 5) is 37.9. The molecule has 0 unspecified atom stereocenters. The second kappa shape index (κ2) is 12.1. The number of aliphatic hydroxyl groups excluding tert-OH is 1. The first-order valence-electron chi connectivity index (χ1n) is 13.2. The molecule has 3 aromatic carbocycles. The molecule has 0 bridgehead atoms. The van der Waals surface area contributed by atoms with E-state index in [-0.39, 0.29) is 23.2 Å². The van der Waals surface area contributed by atoms with Gasteiger partial charge in [-0.25, -0.2) is 14.3 Å². The number of urea groups is 1. The van der Waals surface area contributed by atoms with Crippen molar-refractivity contribution in [3.63, 3.8) is 0 Å². The molecule has 1 aliphatic heterocycles. The van der Waals surface area contributed by atoms with Gasteiger partial charge in [0.25, 0.3) is 5.91 Å². The lowest BCUT2D eigenvalue weighted by atomic mass is 9.87. The van der Waals surface area contributed by atoms with Crippen LogP contribution >= 0.6 is 0 Å². The van der Waals surface area contributed by atoms with Gasteiger partial charge in [0, 0.05) is 16.9 Å². The second-order valence-electron chi connectivity index (χ2n) is 11.0. The van der Waals surface area contributed by atoms with Gasteiger partial charge in [-0.2, -0.15) is 8.78 Å². The van der Waals surface area contributed by atoms with Crippen LogP contribution < -0.4 is 20.3 Å². The average Bonchev–Trinajstić information content (AvgIpc) is 2.93. The highest BCUT2D eigenvalue weighted by Crippen LogP contribution is 2.47. The topological polar surface area (TPSA) is 137 Å². The van der Waals surface area contributed by atoms with Crippen LogP contribution in [0.2, 0.25) is 0 Å². The zero-order chi connectivity index (χ0) is 32.4. The van der Waals surface area contributed by atoms with E-state index in [9.17, 15) is 37.1 Å². The largest absolute Gasteiger partial charge is 0.540 e. The summed E-state index contributed by atoms with van der Waals surface area (Å²) in [5, 5.41) is 22.9. The van der Waals surface area contributed by atoms with Crippen molar-refractivity contribution in [2.75, 3.05) is 16.8 Å². The number of nitrogens with one attached hydrogen (secondary N) is 2. The molecule has 0 fully saturated rings. The van der Waals surface area contributed by atoms with Crippen LogP contribution in [0, 0.1) is 0 Å². The molecule has 0 saturated heterocycles. The van der Waals surface area contributed by atoms with E-state index in [1.807, 2.05) is 32.9 Å². The first kappa shape index (κ1) is 32.2. The monoisotopic (exact) mass is 619 g/mol. The van der Waals surface area contributed by atoms with Gasteiger partial charge in [0.05, 0.1) is 18.7 Å². The van der Waals surface area contributed by atoms with Gasteiger partial charge in [-0.05, 0) is 59.0 Å². The van der Waals surface area contributed by atoms with E-state index in [2.05, 4.69) is 20.1 Å². The number of hydrogen-bond acceptors (Lipinski definition) is 6. The quantitative estimate of drug-likeness (QED) is 0.248. The van der Waals surface area contributed by atoms with Crippen LogP contribution in [-0.4, -0.2) is 47.1 Å². The number of hydrogen-bond donors (Lipinski definition) is 4. The molecule has 234 valence electrons. The molecular formula is C30H29F4N3O7. The fourth-order valence-corrected chi connectivity index (χ4v) is 4.21. The lowest BCUT2D eigenvalue weighted by Crippen LogP contribution is -2.41. The van der Waals surface area contributed by atoms with E-state index in [1.54, 1.807) is 24.3 Å². The molecule has 4 rings (SSSR count). The third kappa shape index (κ3) is 7.63. The highest BCUT2D eigenvalue weighted by Gasteiger charge is 2.54. The van der Waals surface area contributed by atoms with Crippen molar-refractivity contribution in [1.29, 1.82) is 0 Å². The molecule has 10 nitrogen and oxygen atoms in total. The molecule has 0 aliphatic carbocycles. The maximum Gasteiger partial charge on any atom is 0.540 e. The van der Waals surface area contributed by atoms with Gasteiger partial charge in [-0.1, -0.05) is 45.0 Å². The Morgan fingerprint density at radius 2 is 1.59 bits per heavy atom. The minimum Gasteiger partial charge on any atom is -0.479 e. The number of fused-ring (bicyclic) bond motifs is 1. The van der Waals surface area contributed by atoms with Crippen LogP contribution in [0.5, 0.6) is 5.75 Å². The molecule has 1 aliphatic rings. The van der Waals surface area contributed by atoms with Crippen molar-refractivity contribution in [3.05, 3.63) is 89.0 Å². The molecule has 4 N–H and O–H groups in total. The Morgan fingerprint density at radius 1 is 0.955 bits per heavy atom. The molecule has 1 atom stereocenters. The smallest absolute Gasteiger partial charge is 0.479 e. The number of amides is 3. The minimum absolute atomic E-state index is 0.0418. The number of nitrogens with zero attached hydrogens (tertiary/aromatic N) is 1. The van der Waals surface area contributed by atoms with Crippen molar-refractivity contribution >= 4 is 29.3 Å². The summed E-state index contributed by atoms with van der Waals surface area (Å²) in [6.45, 7) is 5.51. The van der Waals surface area contributed by atoms with Crippen LogP contribution in [0.4, 0.5) is 33.7 Å². The number of anilines is 2. The molecule has 3 amide bonds. The zero-order valence-corrected chi connectivity index (χ0v) is 23.7. The van der Waals surface area contributed by atoms with Crippen molar-refractivity contribution in [1.82, 2.24) is 5.32 Å². The van der Waals surface area contributed by atoms with Gasteiger partial charge in [0.2, 0.25) is 0 Å². The lowest BCUT2D eigenvalue weighted by Gasteiger charge is -2.31. The van der Waals surface area contributed by atoms with Gasteiger partial charge in [-0.15, -0.1) is 8.78 Å². The maximum atomic E-state index is 14.3. The van der Waals surface area contributed by atoms with Crippen molar-refractivity contribution < 1.29 is 51.6 Å². The Kier molecular flexibility index (Phi) is 8.88. The first-order valence-corrected chi connectivity index (χ1v) is 13.2. The molecule has 0 saturated carbocycles. The molecule has 14 heteroatoms. The van der Waals surface area contributed by atoms with E-state index in [1.165, 1.54) is 17.0 Å². The van der Waals surface area contributed by atoms with E-state index >= 15 is 0 Å². The summed E-state index contributed by atoms with van der Waals surface area (Å²) in [5.74, 6) is -2.92. The zero-order valence-electron chi connectivity index (χ0n) is 23.7. The second-order valence-corrected chi connectivity index (χ2v) is 11.0. The molecule has 1 heterocycles. The fourth-order valence-electron chi connectivity index (χ4n) is 4.21. The van der Waals surface area contributed by atoms with Gasteiger partial charge in [0.15, 0.2) is 6.10 Å². The first-order chi connectivity index (χ1) is 20.4. The number of rotatable bonds is 8. The molecule has 0 radical (unpaired) electrons. The summed E-state index contributed by atoms with van der Waals surface area (Å²) in [6, 6.07) is 15.1. The van der Waals surface area contributed by atoms with Gasteiger partial charge >= 0.3 is 24.4 Å². The predicted octanol–water partition coefficient (Wildman–Crippen LogP) is 5.41. The summed E-state index contributed by atoms with van der Waals surface area (Å²) >= 11 is 0. The number of aliphatic hydroxyl groups is 1. The third-order valence-electron chi connectivity index (χ3n) is 6.61. The fraction of sp³-hybridized carbons (Fsp3) is 0.300. The van der Waals surface area contributed by atoms with Crippen LogP contribution in [0.1, 0.15) is 47.8 Å². The van der Waals surface area contributed by atoms with Crippen LogP contribution in [-0.2, 0) is 27.6 Å². The predicted molar refractivity (Wildman–Crippen MR) is 150 cm³/mol. The molecule has 0 spiro atoms. The number of carboxylic acids is 1. The van der Waals surface area contributed by atoms with E-state index < -0.39 is 54.3 Å². The van der Waals surface area contributed by atoms with Gasteiger partial charge in [0.1, 0.15) is 5.75 Å². The highest BCUT2D eigenvalue weighted by atomic mass is 19.3. The Hall–Kier alpha value is -4.69. The third-order valence-corrected chi connectivity index (χ3v) is 6.61. The summed E-state index contributed by atoms with van der Waals surface area (Å²) in [5.41, 5.74) is 0.834. The Morgan fingerprint density at radius 3 is 2.18 bits per heavy atom. The number of benzene rings is 3. The standard InChI is InChI=1S/C30H29F4N3O7/c1-28(2,3)19-8-11-21(12-9-19)37(16-17-4-6-18(7-5-17)25(39)35-15-23(38)26(40)41)27(42)36-20-10-13-24-22(14-20)29(31,32)44-30(33,34)43-24/h4-14,23,38H,15-16H2,1-3H3,(H,35,39)(H,36,42)(H,40,41)/t23-/m1/s1. The van der Waals surface area contributed by atoms with Crippen molar-refractivity contribution in [2.24, 2.45) is 0 Å².